The molecule has 1 saturated heterocycles. The van der Waals surface area contributed by atoms with Crippen molar-refractivity contribution in [2.75, 3.05) is 18.4 Å². The Morgan fingerprint density at radius 3 is 2.63 bits per heavy atom. The first-order valence-corrected chi connectivity index (χ1v) is 9.85. The maximum atomic E-state index is 13.2. The van der Waals surface area contributed by atoms with Crippen LogP contribution in [0.25, 0.3) is 10.8 Å². The van der Waals surface area contributed by atoms with Crippen LogP contribution < -0.4 is 5.32 Å². The number of nitrogens with zero attached hydrogens (tertiary/aromatic N) is 2. The molecule has 1 unspecified atom stereocenters. The summed E-state index contributed by atoms with van der Waals surface area (Å²) in [5, 5.41) is 15.6. The van der Waals surface area contributed by atoms with Gasteiger partial charge < -0.3 is 10.2 Å². The Morgan fingerprint density at radius 1 is 1.03 bits per heavy atom. The minimum absolute atomic E-state index is 0.0794. The lowest BCUT2D eigenvalue weighted by molar-refractivity contribution is -0.384. The van der Waals surface area contributed by atoms with Crippen molar-refractivity contribution in [1.82, 2.24) is 4.90 Å². The van der Waals surface area contributed by atoms with Gasteiger partial charge in [0.2, 0.25) is 5.91 Å². The summed E-state index contributed by atoms with van der Waals surface area (Å²) in [7, 11) is 0. The first kappa shape index (κ1) is 19.6. The van der Waals surface area contributed by atoms with Crippen molar-refractivity contribution in [2.24, 2.45) is 5.92 Å². The molecule has 3 aromatic rings. The number of nitro benzene ring substituents is 1. The van der Waals surface area contributed by atoms with E-state index in [-0.39, 0.29) is 23.4 Å². The maximum Gasteiger partial charge on any atom is 0.271 e. The summed E-state index contributed by atoms with van der Waals surface area (Å²) in [6.07, 6.45) is 1.39. The maximum absolute atomic E-state index is 13.2. The van der Waals surface area contributed by atoms with Gasteiger partial charge in [0.25, 0.3) is 11.6 Å². The summed E-state index contributed by atoms with van der Waals surface area (Å²) in [5.41, 5.74) is 0.934. The fourth-order valence-corrected chi connectivity index (χ4v) is 3.90. The molecular formula is C23H21N3O4. The largest absolute Gasteiger partial charge is 0.338 e. The monoisotopic (exact) mass is 403 g/mol. The van der Waals surface area contributed by atoms with Gasteiger partial charge in [-0.15, -0.1) is 0 Å². The fraction of sp³-hybridized carbons (Fsp3) is 0.217. The van der Waals surface area contributed by atoms with E-state index in [4.69, 9.17) is 0 Å². The molecule has 1 aliphatic heterocycles. The summed E-state index contributed by atoms with van der Waals surface area (Å²) in [6.45, 7) is 0.922. The summed E-state index contributed by atoms with van der Waals surface area (Å²) < 4.78 is 0. The lowest BCUT2D eigenvalue weighted by Gasteiger charge is -2.32. The molecule has 1 atom stereocenters. The molecule has 0 aromatic heterocycles. The zero-order valence-electron chi connectivity index (χ0n) is 16.3. The molecule has 0 spiro atoms. The molecule has 4 rings (SSSR count). The number of non-ortho nitro benzene ring substituents is 1. The highest BCUT2D eigenvalue weighted by molar-refractivity contribution is 6.07. The van der Waals surface area contributed by atoms with E-state index in [2.05, 4.69) is 5.32 Å². The smallest absolute Gasteiger partial charge is 0.271 e. The van der Waals surface area contributed by atoms with Gasteiger partial charge in [0, 0.05) is 36.5 Å². The molecule has 1 aliphatic rings. The number of benzene rings is 3. The second kappa shape index (κ2) is 8.32. The van der Waals surface area contributed by atoms with Crippen LogP contribution in [0.4, 0.5) is 11.4 Å². The number of carbonyl (C=O) groups excluding carboxylic acids is 2. The Morgan fingerprint density at radius 2 is 1.80 bits per heavy atom. The van der Waals surface area contributed by atoms with Gasteiger partial charge in [0.15, 0.2) is 0 Å². The average molecular weight is 403 g/mol. The predicted molar refractivity (Wildman–Crippen MR) is 114 cm³/mol. The number of fused-ring (bicyclic) bond motifs is 1. The number of amides is 2. The number of hydrogen-bond donors (Lipinski definition) is 1. The van der Waals surface area contributed by atoms with Gasteiger partial charge in [0.05, 0.1) is 10.8 Å². The van der Waals surface area contributed by atoms with E-state index >= 15 is 0 Å². The SMILES string of the molecule is O=C(Nc1cccc([N+](=O)[O-])c1)C1CCCN(C(=O)c2cccc3ccccc23)C1. The number of rotatable bonds is 4. The average Bonchev–Trinajstić information content (AvgIpc) is 2.78. The minimum Gasteiger partial charge on any atom is -0.338 e. The summed E-state index contributed by atoms with van der Waals surface area (Å²) in [5.74, 6) is -0.678. The second-order valence-corrected chi connectivity index (χ2v) is 7.41. The quantitative estimate of drug-likeness (QED) is 0.521. The normalized spacial score (nSPS) is 16.3. The van der Waals surface area contributed by atoms with Crippen molar-refractivity contribution in [3.8, 4) is 0 Å². The molecule has 1 fully saturated rings. The lowest BCUT2D eigenvalue weighted by atomic mass is 9.95. The first-order valence-electron chi connectivity index (χ1n) is 9.85. The van der Waals surface area contributed by atoms with Gasteiger partial charge in [0.1, 0.15) is 0 Å². The molecule has 152 valence electrons. The molecule has 7 heteroatoms. The number of likely N-dealkylation sites (tertiary alicyclic amines) is 1. The number of hydrogen-bond acceptors (Lipinski definition) is 4. The van der Waals surface area contributed by atoms with E-state index in [1.165, 1.54) is 18.2 Å². The standard InChI is InChI=1S/C23H21N3O4/c27-22(24-18-9-4-10-19(14-18)26(29)30)17-8-5-13-25(15-17)23(28)21-12-3-7-16-6-1-2-11-20(16)21/h1-4,6-7,9-12,14,17H,5,8,13,15H2,(H,24,27). The number of carbonyl (C=O) groups is 2. The number of piperidine rings is 1. The van der Waals surface area contributed by atoms with E-state index in [0.29, 0.717) is 30.8 Å². The van der Waals surface area contributed by atoms with Crippen LogP contribution in [-0.2, 0) is 4.79 Å². The zero-order valence-corrected chi connectivity index (χ0v) is 16.3. The van der Waals surface area contributed by atoms with Gasteiger partial charge in [-0.2, -0.15) is 0 Å². The molecule has 2 amide bonds. The molecule has 1 heterocycles. The Balaban J connectivity index is 1.49. The second-order valence-electron chi connectivity index (χ2n) is 7.41. The van der Waals surface area contributed by atoms with E-state index in [0.717, 1.165) is 17.2 Å². The van der Waals surface area contributed by atoms with Gasteiger partial charge in [-0.25, -0.2) is 0 Å². The van der Waals surface area contributed by atoms with Crippen molar-refractivity contribution in [3.05, 3.63) is 82.4 Å². The van der Waals surface area contributed by atoms with Gasteiger partial charge in [-0.05, 0) is 35.7 Å². The van der Waals surface area contributed by atoms with Crippen LogP contribution in [0.15, 0.2) is 66.7 Å². The van der Waals surface area contributed by atoms with Gasteiger partial charge >= 0.3 is 0 Å². The molecule has 1 N–H and O–H groups in total. The molecule has 30 heavy (non-hydrogen) atoms. The number of nitro groups is 1. The third-order valence-electron chi connectivity index (χ3n) is 5.42. The van der Waals surface area contributed by atoms with E-state index in [1.807, 2.05) is 42.5 Å². The first-order chi connectivity index (χ1) is 14.5. The van der Waals surface area contributed by atoms with Crippen molar-refractivity contribution in [1.29, 1.82) is 0 Å². The molecule has 0 aliphatic carbocycles. The van der Waals surface area contributed by atoms with Crippen LogP contribution in [0.2, 0.25) is 0 Å². The summed E-state index contributed by atoms with van der Waals surface area (Å²) >= 11 is 0. The Kier molecular flexibility index (Phi) is 5.43. The Hall–Kier alpha value is -3.74. The van der Waals surface area contributed by atoms with Crippen molar-refractivity contribution in [2.45, 2.75) is 12.8 Å². The fourth-order valence-electron chi connectivity index (χ4n) is 3.90. The molecule has 0 radical (unpaired) electrons. The molecule has 3 aromatic carbocycles. The molecule has 0 saturated carbocycles. The van der Waals surface area contributed by atoms with Crippen LogP contribution >= 0.6 is 0 Å². The van der Waals surface area contributed by atoms with Crippen LogP contribution in [0.5, 0.6) is 0 Å². The molecule has 0 bridgehead atoms. The highest BCUT2D eigenvalue weighted by Crippen LogP contribution is 2.25. The van der Waals surface area contributed by atoms with E-state index in [9.17, 15) is 19.7 Å². The van der Waals surface area contributed by atoms with Gasteiger partial charge in [-0.3, -0.25) is 19.7 Å². The summed E-state index contributed by atoms with van der Waals surface area (Å²) in [6, 6.07) is 19.3. The van der Waals surface area contributed by atoms with Crippen molar-refractivity contribution in [3.63, 3.8) is 0 Å². The summed E-state index contributed by atoms with van der Waals surface area (Å²) in [4.78, 5) is 38.1. The Labute approximate surface area is 173 Å². The van der Waals surface area contributed by atoms with Crippen molar-refractivity contribution >= 4 is 34.0 Å². The molecule has 7 nitrogen and oxygen atoms in total. The molecular weight excluding hydrogens is 382 g/mol. The predicted octanol–water partition coefficient (Wildman–Crippen LogP) is 4.24. The Bertz CT molecular complexity index is 1120. The van der Waals surface area contributed by atoms with Crippen LogP contribution in [0.1, 0.15) is 23.2 Å². The van der Waals surface area contributed by atoms with Crippen LogP contribution in [0, 0.1) is 16.0 Å². The highest BCUT2D eigenvalue weighted by atomic mass is 16.6. The number of nitrogens with one attached hydrogen (secondary N) is 1. The lowest BCUT2D eigenvalue weighted by Crippen LogP contribution is -2.43. The highest BCUT2D eigenvalue weighted by Gasteiger charge is 2.29. The zero-order chi connectivity index (χ0) is 21.1. The van der Waals surface area contributed by atoms with Crippen molar-refractivity contribution < 1.29 is 14.5 Å². The van der Waals surface area contributed by atoms with Crippen LogP contribution in [0.3, 0.4) is 0 Å². The third-order valence-corrected chi connectivity index (χ3v) is 5.42. The van der Waals surface area contributed by atoms with Gasteiger partial charge in [-0.1, -0.05) is 42.5 Å². The van der Waals surface area contributed by atoms with E-state index < -0.39 is 4.92 Å². The topological polar surface area (TPSA) is 92.5 Å². The van der Waals surface area contributed by atoms with Crippen LogP contribution in [-0.4, -0.2) is 34.7 Å². The minimum atomic E-state index is -0.499. The van der Waals surface area contributed by atoms with E-state index in [1.54, 1.807) is 11.0 Å². The number of anilines is 1. The third kappa shape index (κ3) is 4.00.